The Balaban J connectivity index is 2.28. The van der Waals surface area contributed by atoms with Crippen LogP contribution in [0.5, 0.6) is 5.75 Å². The number of nitro benzene ring substituents is 1. The summed E-state index contributed by atoms with van der Waals surface area (Å²) in [7, 11) is 1.50. The van der Waals surface area contributed by atoms with Gasteiger partial charge in [0.25, 0.3) is 5.69 Å². The fourth-order valence-electron chi connectivity index (χ4n) is 2.32. The van der Waals surface area contributed by atoms with E-state index in [9.17, 15) is 14.9 Å². The lowest BCUT2D eigenvalue weighted by molar-refractivity contribution is -0.385. The van der Waals surface area contributed by atoms with Crippen LogP contribution in [0.2, 0.25) is 0 Å². The Morgan fingerprint density at radius 3 is 2.91 bits per heavy atom. The first-order valence-electron chi connectivity index (χ1n) is 7.27. The molecule has 0 atom stereocenters. The molecule has 0 radical (unpaired) electrons. The van der Waals surface area contributed by atoms with Gasteiger partial charge in [0.2, 0.25) is 5.91 Å². The summed E-state index contributed by atoms with van der Waals surface area (Å²) in [6, 6.07) is 4.54. The van der Waals surface area contributed by atoms with Crippen molar-refractivity contribution in [2.45, 2.75) is 32.6 Å². The van der Waals surface area contributed by atoms with Gasteiger partial charge in [-0.3, -0.25) is 14.9 Å². The highest BCUT2D eigenvalue weighted by atomic mass is 16.6. The van der Waals surface area contributed by atoms with Crippen molar-refractivity contribution < 1.29 is 14.5 Å². The maximum atomic E-state index is 12.0. The number of carbonyl (C=O) groups is 1. The van der Waals surface area contributed by atoms with Crippen molar-refractivity contribution in [2.24, 2.45) is 5.10 Å². The fourth-order valence-corrected chi connectivity index (χ4v) is 2.32. The van der Waals surface area contributed by atoms with Crippen LogP contribution in [-0.2, 0) is 4.79 Å². The Kier molecular flexibility index (Phi) is 5.08. The standard InChI is InChI=1S/C15H19N3O4/c1-3-4-5-15(19)17-9-8-13(16-17)12-10-11(22-2)6-7-14(12)18(20)21/h6-7,10H,3-5,8-9H2,1-2H3. The van der Waals surface area contributed by atoms with Crippen LogP contribution in [0.3, 0.4) is 0 Å². The maximum absolute atomic E-state index is 12.0. The summed E-state index contributed by atoms with van der Waals surface area (Å²) < 4.78 is 5.12. The Morgan fingerprint density at radius 1 is 1.50 bits per heavy atom. The summed E-state index contributed by atoms with van der Waals surface area (Å²) in [6.45, 7) is 2.48. The fraction of sp³-hybridized carbons (Fsp3) is 0.467. The van der Waals surface area contributed by atoms with Gasteiger partial charge in [-0.2, -0.15) is 5.10 Å². The van der Waals surface area contributed by atoms with E-state index in [-0.39, 0.29) is 11.6 Å². The van der Waals surface area contributed by atoms with Crippen molar-refractivity contribution in [2.75, 3.05) is 13.7 Å². The number of rotatable bonds is 6. The molecule has 7 nitrogen and oxygen atoms in total. The largest absolute Gasteiger partial charge is 0.497 e. The summed E-state index contributed by atoms with van der Waals surface area (Å²) in [4.78, 5) is 22.7. The highest BCUT2D eigenvalue weighted by molar-refractivity contribution is 6.05. The smallest absolute Gasteiger partial charge is 0.278 e. The molecule has 1 amide bonds. The summed E-state index contributed by atoms with van der Waals surface area (Å²) in [6.07, 6.45) is 2.72. The van der Waals surface area contributed by atoms with Crippen molar-refractivity contribution >= 4 is 17.3 Å². The van der Waals surface area contributed by atoms with Crippen LogP contribution >= 0.6 is 0 Å². The van der Waals surface area contributed by atoms with Crippen molar-refractivity contribution in [1.29, 1.82) is 0 Å². The van der Waals surface area contributed by atoms with E-state index in [2.05, 4.69) is 5.10 Å². The number of ether oxygens (including phenoxy) is 1. The molecule has 1 heterocycles. The topological polar surface area (TPSA) is 85.0 Å². The molecule has 0 N–H and O–H groups in total. The molecule has 0 saturated carbocycles. The molecule has 0 fully saturated rings. The van der Waals surface area contributed by atoms with Crippen molar-refractivity contribution in [3.05, 3.63) is 33.9 Å². The third-order valence-electron chi connectivity index (χ3n) is 3.55. The number of hydrogen-bond donors (Lipinski definition) is 0. The van der Waals surface area contributed by atoms with Gasteiger partial charge < -0.3 is 4.74 Å². The molecular weight excluding hydrogens is 286 g/mol. The molecule has 2 rings (SSSR count). The molecule has 1 aliphatic heterocycles. The summed E-state index contributed by atoms with van der Waals surface area (Å²) in [5.41, 5.74) is 0.938. The molecule has 0 bridgehead atoms. The minimum absolute atomic E-state index is 0.0255. The van der Waals surface area contributed by atoms with Crippen LogP contribution in [0, 0.1) is 10.1 Å². The normalized spacial score (nSPS) is 13.9. The lowest BCUT2D eigenvalue weighted by Gasteiger charge is -2.10. The average molecular weight is 305 g/mol. The molecule has 0 unspecified atom stereocenters. The second-order valence-corrected chi connectivity index (χ2v) is 5.06. The summed E-state index contributed by atoms with van der Waals surface area (Å²) >= 11 is 0. The Labute approximate surface area is 128 Å². The zero-order chi connectivity index (χ0) is 16.1. The van der Waals surface area contributed by atoms with Gasteiger partial charge in [0, 0.05) is 18.9 Å². The molecule has 1 aromatic rings. The van der Waals surface area contributed by atoms with Gasteiger partial charge in [-0.15, -0.1) is 0 Å². The molecule has 0 spiro atoms. The molecule has 118 valence electrons. The van der Waals surface area contributed by atoms with E-state index in [1.807, 2.05) is 6.92 Å². The lowest BCUT2D eigenvalue weighted by Crippen LogP contribution is -2.22. The molecule has 0 aromatic heterocycles. The van der Waals surface area contributed by atoms with Crippen molar-refractivity contribution in [3.63, 3.8) is 0 Å². The van der Waals surface area contributed by atoms with E-state index in [4.69, 9.17) is 4.74 Å². The van der Waals surface area contributed by atoms with E-state index in [0.717, 1.165) is 12.8 Å². The molecule has 1 aliphatic rings. The highest BCUT2D eigenvalue weighted by Gasteiger charge is 2.26. The van der Waals surface area contributed by atoms with E-state index in [1.165, 1.54) is 18.2 Å². The van der Waals surface area contributed by atoms with E-state index >= 15 is 0 Å². The zero-order valence-electron chi connectivity index (χ0n) is 12.7. The highest BCUT2D eigenvalue weighted by Crippen LogP contribution is 2.27. The molecular formula is C15H19N3O4. The zero-order valence-corrected chi connectivity index (χ0v) is 12.7. The first-order chi connectivity index (χ1) is 10.6. The van der Waals surface area contributed by atoms with Gasteiger partial charge in [-0.05, 0) is 18.6 Å². The SMILES string of the molecule is CCCCC(=O)N1CCC(c2cc(OC)ccc2[N+](=O)[O-])=N1. The van der Waals surface area contributed by atoms with Crippen LogP contribution in [0.15, 0.2) is 23.3 Å². The summed E-state index contributed by atoms with van der Waals surface area (Å²) in [5, 5.41) is 16.8. The number of hydrazone groups is 1. The average Bonchev–Trinajstić information content (AvgIpc) is 3.01. The third-order valence-corrected chi connectivity index (χ3v) is 3.55. The quantitative estimate of drug-likeness (QED) is 0.597. The number of methoxy groups -OCH3 is 1. The molecule has 1 aromatic carbocycles. The number of nitrogens with zero attached hydrogens (tertiary/aromatic N) is 3. The van der Waals surface area contributed by atoms with Crippen LogP contribution in [0.25, 0.3) is 0 Å². The monoisotopic (exact) mass is 305 g/mol. The second-order valence-electron chi connectivity index (χ2n) is 5.06. The summed E-state index contributed by atoms with van der Waals surface area (Å²) in [5.74, 6) is 0.487. The maximum Gasteiger partial charge on any atom is 0.278 e. The van der Waals surface area contributed by atoms with Gasteiger partial charge in [-0.1, -0.05) is 13.3 Å². The Hall–Kier alpha value is -2.44. The van der Waals surface area contributed by atoms with Crippen molar-refractivity contribution in [3.8, 4) is 5.75 Å². The van der Waals surface area contributed by atoms with Gasteiger partial charge in [0.15, 0.2) is 0 Å². The van der Waals surface area contributed by atoms with Gasteiger partial charge in [0.1, 0.15) is 5.75 Å². The van der Waals surface area contributed by atoms with E-state index in [1.54, 1.807) is 12.1 Å². The van der Waals surface area contributed by atoms with Crippen LogP contribution < -0.4 is 4.74 Å². The van der Waals surface area contributed by atoms with Gasteiger partial charge in [0.05, 0.1) is 29.9 Å². The predicted octanol–water partition coefficient (Wildman–Crippen LogP) is 2.73. The number of amides is 1. The second kappa shape index (κ2) is 7.02. The van der Waals surface area contributed by atoms with Gasteiger partial charge >= 0.3 is 0 Å². The van der Waals surface area contributed by atoms with Crippen LogP contribution in [0.1, 0.15) is 38.2 Å². The number of benzene rings is 1. The van der Waals surface area contributed by atoms with Gasteiger partial charge in [-0.25, -0.2) is 5.01 Å². The first-order valence-corrected chi connectivity index (χ1v) is 7.27. The number of nitro groups is 1. The van der Waals surface area contributed by atoms with Crippen LogP contribution in [0.4, 0.5) is 5.69 Å². The Bertz CT molecular complexity index is 613. The molecule has 0 saturated heterocycles. The van der Waals surface area contributed by atoms with Crippen molar-refractivity contribution in [1.82, 2.24) is 5.01 Å². The lowest BCUT2D eigenvalue weighted by atomic mass is 10.1. The molecule has 0 aliphatic carbocycles. The number of carbonyl (C=O) groups excluding carboxylic acids is 1. The molecule has 22 heavy (non-hydrogen) atoms. The number of unbranched alkanes of at least 4 members (excludes halogenated alkanes) is 1. The minimum atomic E-state index is -0.446. The minimum Gasteiger partial charge on any atom is -0.497 e. The number of hydrogen-bond acceptors (Lipinski definition) is 5. The van der Waals surface area contributed by atoms with E-state index < -0.39 is 4.92 Å². The molecule has 7 heteroatoms. The Morgan fingerprint density at radius 2 is 2.27 bits per heavy atom. The first kappa shape index (κ1) is 15.9. The third kappa shape index (κ3) is 3.41. The predicted molar refractivity (Wildman–Crippen MR) is 82.0 cm³/mol. The van der Waals surface area contributed by atoms with Crippen LogP contribution in [-0.4, -0.2) is 35.2 Å². The van der Waals surface area contributed by atoms with E-state index in [0.29, 0.717) is 36.4 Å².